The van der Waals surface area contributed by atoms with Crippen molar-refractivity contribution in [2.45, 2.75) is 26.7 Å². The minimum Gasteiger partial charge on any atom is -0.466 e. The van der Waals surface area contributed by atoms with E-state index in [1.807, 2.05) is 6.92 Å². The summed E-state index contributed by atoms with van der Waals surface area (Å²) in [4.78, 5) is 11.7. The summed E-state index contributed by atoms with van der Waals surface area (Å²) in [6, 6.07) is 8.24. The van der Waals surface area contributed by atoms with Crippen LogP contribution in [0.4, 0.5) is 0 Å². The summed E-state index contributed by atoms with van der Waals surface area (Å²) < 4.78 is 5.07. The van der Waals surface area contributed by atoms with E-state index in [-0.39, 0.29) is 11.9 Å². The Hall–Kier alpha value is -1.57. The predicted octanol–water partition coefficient (Wildman–Crippen LogP) is 3.29. The van der Waals surface area contributed by atoms with Crippen molar-refractivity contribution in [2.75, 3.05) is 6.61 Å². The molecule has 1 atom stereocenters. The number of carbonyl (C=O) groups excluding carboxylic acids is 1. The Balaban J connectivity index is 2.68. The molecule has 1 rings (SSSR count). The van der Waals surface area contributed by atoms with Crippen LogP contribution >= 0.6 is 0 Å². The van der Waals surface area contributed by atoms with Crippen molar-refractivity contribution in [3.8, 4) is 0 Å². The van der Waals surface area contributed by atoms with Gasteiger partial charge in [0.1, 0.15) is 0 Å². The molecule has 0 saturated heterocycles. The molecule has 0 fully saturated rings. The zero-order valence-corrected chi connectivity index (χ0v) is 10.6. The molecule has 0 N–H and O–H groups in total. The second kappa shape index (κ2) is 6.89. The highest BCUT2D eigenvalue weighted by atomic mass is 16.5. The summed E-state index contributed by atoms with van der Waals surface area (Å²) in [5.74, 6) is -0.247. The molecule has 0 amide bonds. The number of aryl methyl sites for hydroxylation is 1. The van der Waals surface area contributed by atoms with E-state index in [2.05, 4.69) is 37.8 Å². The van der Waals surface area contributed by atoms with Crippen LogP contribution in [0.25, 0.3) is 0 Å². The minimum absolute atomic E-state index is 0.116. The average Bonchev–Trinajstić information content (AvgIpc) is 2.31. The van der Waals surface area contributed by atoms with Crippen molar-refractivity contribution in [3.05, 3.63) is 48.0 Å². The van der Waals surface area contributed by atoms with Gasteiger partial charge >= 0.3 is 5.97 Å². The van der Waals surface area contributed by atoms with E-state index in [0.717, 1.165) is 5.56 Å². The number of ether oxygens (including phenoxy) is 1. The Morgan fingerprint density at radius 1 is 1.41 bits per heavy atom. The third kappa shape index (κ3) is 4.43. The molecule has 2 nitrogen and oxygen atoms in total. The van der Waals surface area contributed by atoms with Gasteiger partial charge in [0, 0.05) is 0 Å². The maximum absolute atomic E-state index is 11.7. The first-order chi connectivity index (χ1) is 8.17. The Kier molecular flexibility index (Phi) is 5.47. The quantitative estimate of drug-likeness (QED) is 0.555. The van der Waals surface area contributed by atoms with E-state index < -0.39 is 0 Å². The normalized spacial score (nSPS) is 11.9. The van der Waals surface area contributed by atoms with Gasteiger partial charge in [-0.2, -0.15) is 0 Å². The van der Waals surface area contributed by atoms with Crippen molar-refractivity contribution in [3.63, 3.8) is 0 Å². The molecule has 2 heteroatoms. The molecule has 17 heavy (non-hydrogen) atoms. The number of rotatable bonds is 6. The highest BCUT2D eigenvalue weighted by Crippen LogP contribution is 2.15. The largest absolute Gasteiger partial charge is 0.466 e. The van der Waals surface area contributed by atoms with Gasteiger partial charge in [-0.25, -0.2) is 0 Å². The molecular formula is C15H20O2. The molecule has 0 unspecified atom stereocenters. The van der Waals surface area contributed by atoms with Crippen LogP contribution in [0.15, 0.2) is 36.9 Å². The Bertz CT molecular complexity index is 365. The molecule has 0 aromatic heterocycles. The van der Waals surface area contributed by atoms with Crippen LogP contribution in [-0.4, -0.2) is 12.6 Å². The van der Waals surface area contributed by atoms with Crippen LogP contribution in [0, 0.1) is 12.8 Å². The van der Waals surface area contributed by atoms with Gasteiger partial charge in [-0.05, 0) is 32.3 Å². The van der Waals surface area contributed by atoms with Crippen LogP contribution in [0.3, 0.4) is 0 Å². The Labute approximate surface area is 103 Å². The van der Waals surface area contributed by atoms with Crippen LogP contribution < -0.4 is 0 Å². The number of benzene rings is 1. The number of esters is 1. The molecule has 0 aliphatic carbocycles. The van der Waals surface area contributed by atoms with E-state index >= 15 is 0 Å². The van der Waals surface area contributed by atoms with Gasteiger partial charge < -0.3 is 4.74 Å². The highest BCUT2D eigenvalue weighted by Gasteiger charge is 2.18. The summed E-state index contributed by atoms with van der Waals surface area (Å²) in [7, 11) is 0. The second-order valence-electron chi connectivity index (χ2n) is 4.16. The van der Waals surface area contributed by atoms with Crippen LogP contribution in [0.2, 0.25) is 0 Å². The Morgan fingerprint density at radius 3 is 2.59 bits per heavy atom. The first kappa shape index (κ1) is 13.5. The van der Waals surface area contributed by atoms with Crippen LogP contribution in [0.1, 0.15) is 24.5 Å². The van der Waals surface area contributed by atoms with E-state index in [1.54, 1.807) is 6.08 Å². The number of allylic oxidation sites excluding steroid dienone is 1. The van der Waals surface area contributed by atoms with Gasteiger partial charge in [-0.15, -0.1) is 6.58 Å². The van der Waals surface area contributed by atoms with Crippen LogP contribution in [0.5, 0.6) is 0 Å². The van der Waals surface area contributed by atoms with Gasteiger partial charge in [0.15, 0.2) is 0 Å². The van der Waals surface area contributed by atoms with Crippen LogP contribution in [-0.2, 0) is 16.0 Å². The summed E-state index contributed by atoms with van der Waals surface area (Å²) in [5, 5.41) is 0. The molecule has 0 bridgehead atoms. The standard InChI is InChI=1S/C15H20O2/c1-4-6-14(15(16)17-5-2)11-13-9-7-12(3)8-10-13/h4,7-10,14H,1,5-6,11H2,2-3H3/t14-/m1/s1. The number of hydrogen-bond acceptors (Lipinski definition) is 2. The zero-order chi connectivity index (χ0) is 12.7. The lowest BCUT2D eigenvalue weighted by Crippen LogP contribution is -2.19. The fourth-order valence-electron chi connectivity index (χ4n) is 1.73. The lowest BCUT2D eigenvalue weighted by Gasteiger charge is -2.13. The van der Waals surface area contributed by atoms with Crippen molar-refractivity contribution in [1.29, 1.82) is 0 Å². The molecular weight excluding hydrogens is 212 g/mol. The third-order valence-corrected chi connectivity index (χ3v) is 2.67. The predicted molar refractivity (Wildman–Crippen MR) is 69.8 cm³/mol. The molecule has 1 aromatic rings. The van der Waals surface area contributed by atoms with Gasteiger partial charge in [0.2, 0.25) is 0 Å². The first-order valence-electron chi connectivity index (χ1n) is 6.00. The van der Waals surface area contributed by atoms with E-state index in [1.165, 1.54) is 5.56 Å². The molecule has 0 aliphatic rings. The van der Waals surface area contributed by atoms with Gasteiger partial charge in [-0.1, -0.05) is 35.9 Å². The van der Waals surface area contributed by atoms with Crippen molar-refractivity contribution >= 4 is 5.97 Å². The topological polar surface area (TPSA) is 26.3 Å². The first-order valence-corrected chi connectivity index (χ1v) is 6.00. The Morgan fingerprint density at radius 2 is 2.06 bits per heavy atom. The summed E-state index contributed by atoms with van der Waals surface area (Å²) in [5.41, 5.74) is 2.39. The summed E-state index contributed by atoms with van der Waals surface area (Å²) >= 11 is 0. The molecule has 0 aliphatic heterocycles. The fourth-order valence-corrected chi connectivity index (χ4v) is 1.73. The maximum Gasteiger partial charge on any atom is 0.309 e. The zero-order valence-electron chi connectivity index (χ0n) is 10.6. The second-order valence-corrected chi connectivity index (χ2v) is 4.16. The number of hydrogen-bond donors (Lipinski definition) is 0. The van der Waals surface area contributed by atoms with E-state index in [9.17, 15) is 4.79 Å². The maximum atomic E-state index is 11.7. The minimum atomic E-state index is -0.132. The van der Waals surface area contributed by atoms with E-state index in [4.69, 9.17) is 4.74 Å². The van der Waals surface area contributed by atoms with Crippen molar-refractivity contribution in [1.82, 2.24) is 0 Å². The van der Waals surface area contributed by atoms with Gasteiger partial charge in [0.05, 0.1) is 12.5 Å². The van der Waals surface area contributed by atoms with Gasteiger partial charge in [0.25, 0.3) is 0 Å². The summed E-state index contributed by atoms with van der Waals surface area (Å²) in [6.07, 6.45) is 3.15. The van der Waals surface area contributed by atoms with E-state index in [0.29, 0.717) is 19.4 Å². The molecule has 1 aromatic carbocycles. The molecule has 0 spiro atoms. The molecule has 0 saturated carbocycles. The van der Waals surface area contributed by atoms with Crippen molar-refractivity contribution < 1.29 is 9.53 Å². The molecule has 92 valence electrons. The number of carbonyl (C=O) groups is 1. The smallest absolute Gasteiger partial charge is 0.309 e. The average molecular weight is 232 g/mol. The van der Waals surface area contributed by atoms with Crippen molar-refractivity contribution in [2.24, 2.45) is 5.92 Å². The highest BCUT2D eigenvalue weighted by molar-refractivity contribution is 5.73. The third-order valence-electron chi connectivity index (χ3n) is 2.67. The lowest BCUT2D eigenvalue weighted by atomic mass is 9.96. The molecule has 0 radical (unpaired) electrons. The molecule has 0 heterocycles. The fraction of sp³-hybridized carbons (Fsp3) is 0.400. The monoisotopic (exact) mass is 232 g/mol. The SMILES string of the molecule is C=CC[C@H](Cc1ccc(C)cc1)C(=O)OCC. The lowest BCUT2D eigenvalue weighted by molar-refractivity contribution is -0.147. The summed E-state index contributed by atoms with van der Waals surface area (Å²) in [6.45, 7) is 8.00. The van der Waals surface area contributed by atoms with Gasteiger partial charge in [-0.3, -0.25) is 4.79 Å².